The first kappa shape index (κ1) is 24.9. The van der Waals surface area contributed by atoms with E-state index in [0.717, 1.165) is 15.9 Å². The molecule has 0 amide bonds. The Hall–Kier alpha value is -3.17. The number of aliphatic carboxylic acids is 1. The Morgan fingerprint density at radius 1 is 1.20 bits per heavy atom. The fraction of sp³-hybridized carbons (Fsp3) is 0.240. The molecule has 3 aromatic rings. The first-order valence-corrected chi connectivity index (χ1v) is 12.6. The van der Waals surface area contributed by atoms with E-state index in [1.54, 1.807) is 26.0 Å². The summed E-state index contributed by atoms with van der Waals surface area (Å²) in [5.74, 6) is -3.10. The predicted molar refractivity (Wildman–Crippen MR) is 128 cm³/mol. The molecule has 0 bridgehead atoms. The van der Waals surface area contributed by atoms with Gasteiger partial charge in [0.05, 0.1) is 28.6 Å². The minimum absolute atomic E-state index is 0.0511. The summed E-state index contributed by atoms with van der Waals surface area (Å²) in [6, 6.07) is 12.6. The Balaban J connectivity index is 1.86. The first-order chi connectivity index (χ1) is 16.5. The van der Waals surface area contributed by atoms with E-state index in [1.807, 2.05) is 0 Å². The Labute approximate surface area is 206 Å². The SMILES string of the molecule is Cc1cccc(S(=O)(=O)N2C[C@H]([C@H](C)CC(=O)O)Oc3ccc(-c4cc(F)cc(F)c4Cl)cc32)c1. The number of carboxylic acids is 1. The molecular formula is C25H22ClF2NO5S. The smallest absolute Gasteiger partial charge is 0.303 e. The molecule has 0 aromatic heterocycles. The maximum absolute atomic E-state index is 14.1. The molecule has 1 aliphatic heterocycles. The van der Waals surface area contributed by atoms with Gasteiger partial charge in [-0.25, -0.2) is 17.2 Å². The summed E-state index contributed by atoms with van der Waals surface area (Å²) in [7, 11) is -4.09. The number of nitrogens with zero attached hydrogens (tertiary/aromatic N) is 1. The summed E-state index contributed by atoms with van der Waals surface area (Å²) in [6.07, 6.45) is -0.951. The van der Waals surface area contributed by atoms with Crippen molar-refractivity contribution in [1.82, 2.24) is 0 Å². The Morgan fingerprint density at radius 2 is 1.94 bits per heavy atom. The zero-order valence-electron chi connectivity index (χ0n) is 18.8. The van der Waals surface area contributed by atoms with Crippen LogP contribution in [-0.4, -0.2) is 32.1 Å². The van der Waals surface area contributed by atoms with E-state index in [4.69, 9.17) is 16.3 Å². The van der Waals surface area contributed by atoms with Crippen LogP contribution in [0.2, 0.25) is 5.02 Å². The van der Waals surface area contributed by atoms with Gasteiger partial charge >= 0.3 is 5.97 Å². The van der Waals surface area contributed by atoms with Gasteiger partial charge in [-0.1, -0.05) is 36.7 Å². The van der Waals surface area contributed by atoms with Crippen LogP contribution in [0.15, 0.2) is 59.5 Å². The summed E-state index contributed by atoms with van der Waals surface area (Å²) >= 11 is 6.08. The minimum Gasteiger partial charge on any atom is -0.486 e. The van der Waals surface area contributed by atoms with Gasteiger partial charge < -0.3 is 9.84 Å². The molecule has 0 saturated heterocycles. The lowest BCUT2D eigenvalue weighted by molar-refractivity contribution is -0.138. The molecule has 1 heterocycles. The molecule has 184 valence electrons. The quantitative estimate of drug-likeness (QED) is 0.423. The van der Waals surface area contributed by atoms with E-state index >= 15 is 0 Å². The third-order valence-corrected chi connectivity index (χ3v) is 8.02. The molecule has 3 aromatic carbocycles. The monoisotopic (exact) mass is 521 g/mol. The predicted octanol–water partition coefficient (Wildman–Crippen LogP) is 5.66. The maximum atomic E-state index is 14.1. The van der Waals surface area contributed by atoms with Gasteiger partial charge in [0.2, 0.25) is 0 Å². The number of aryl methyl sites for hydroxylation is 1. The molecular weight excluding hydrogens is 500 g/mol. The van der Waals surface area contributed by atoms with Crippen LogP contribution in [0.5, 0.6) is 5.75 Å². The van der Waals surface area contributed by atoms with Crippen molar-refractivity contribution in [3.63, 3.8) is 0 Å². The lowest BCUT2D eigenvalue weighted by atomic mass is 9.98. The van der Waals surface area contributed by atoms with E-state index in [-0.39, 0.29) is 45.4 Å². The highest BCUT2D eigenvalue weighted by Gasteiger charge is 2.37. The van der Waals surface area contributed by atoms with Crippen molar-refractivity contribution < 1.29 is 31.8 Å². The second kappa shape index (κ2) is 9.47. The third-order valence-electron chi connectivity index (χ3n) is 5.86. The number of ether oxygens (including phenoxy) is 1. The molecule has 0 radical (unpaired) electrons. The van der Waals surface area contributed by atoms with Gasteiger partial charge in [0.1, 0.15) is 23.5 Å². The first-order valence-electron chi connectivity index (χ1n) is 10.7. The molecule has 10 heteroatoms. The minimum atomic E-state index is -4.09. The zero-order valence-corrected chi connectivity index (χ0v) is 20.4. The van der Waals surface area contributed by atoms with Crippen LogP contribution in [0.25, 0.3) is 11.1 Å². The largest absolute Gasteiger partial charge is 0.486 e. The molecule has 0 spiro atoms. The summed E-state index contributed by atoms with van der Waals surface area (Å²) in [6.45, 7) is 3.29. The molecule has 0 saturated carbocycles. The fourth-order valence-corrected chi connectivity index (χ4v) is 5.84. The number of rotatable bonds is 6. The third kappa shape index (κ3) is 4.97. The molecule has 0 aliphatic carbocycles. The summed E-state index contributed by atoms with van der Waals surface area (Å²) in [5.41, 5.74) is 1.24. The maximum Gasteiger partial charge on any atom is 0.303 e. The molecule has 0 fully saturated rings. The van der Waals surface area contributed by atoms with Crippen molar-refractivity contribution in [2.24, 2.45) is 5.92 Å². The van der Waals surface area contributed by atoms with Gasteiger partial charge in [0, 0.05) is 17.5 Å². The molecule has 1 aliphatic rings. The van der Waals surface area contributed by atoms with E-state index in [1.165, 1.54) is 30.3 Å². The molecule has 4 rings (SSSR count). The Kier molecular flexibility index (Phi) is 6.75. The van der Waals surface area contributed by atoms with Crippen molar-refractivity contribution in [3.05, 3.63) is 76.8 Å². The highest BCUT2D eigenvalue weighted by molar-refractivity contribution is 7.92. The summed E-state index contributed by atoms with van der Waals surface area (Å²) in [4.78, 5) is 11.3. The Morgan fingerprint density at radius 3 is 2.63 bits per heavy atom. The van der Waals surface area contributed by atoms with Crippen molar-refractivity contribution >= 4 is 33.3 Å². The van der Waals surface area contributed by atoms with E-state index in [0.29, 0.717) is 6.07 Å². The highest BCUT2D eigenvalue weighted by Crippen LogP contribution is 2.42. The van der Waals surface area contributed by atoms with Crippen LogP contribution >= 0.6 is 11.6 Å². The van der Waals surface area contributed by atoms with E-state index in [2.05, 4.69) is 0 Å². The Bertz CT molecular complexity index is 1410. The van der Waals surface area contributed by atoms with Crippen molar-refractivity contribution in [1.29, 1.82) is 0 Å². The molecule has 1 N–H and O–H groups in total. The second-order valence-corrected chi connectivity index (χ2v) is 10.8. The number of benzene rings is 3. The van der Waals surface area contributed by atoms with Gasteiger partial charge in [-0.05, 0) is 48.4 Å². The van der Waals surface area contributed by atoms with Crippen LogP contribution in [0.3, 0.4) is 0 Å². The van der Waals surface area contributed by atoms with Gasteiger partial charge in [0.25, 0.3) is 10.0 Å². The lowest BCUT2D eigenvalue weighted by Crippen LogP contribution is -2.46. The van der Waals surface area contributed by atoms with Gasteiger partial charge in [-0.2, -0.15) is 0 Å². The number of hydrogen-bond acceptors (Lipinski definition) is 4. The van der Waals surface area contributed by atoms with Crippen LogP contribution < -0.4 is 9.04 Å². The molecule has 35 heavy (non-hydrogen) atoms. The van der Waals surface area contributed by atoms with Gasteiger partial charge in [-0.3, -0.25) is 9.10 Å². The van der Waals surface area contributed by atoms with Crippen LogP contribution in [-0.2, 0) is 14.8 Å². The number of halogens is 3. The number of hydrogen-bond donors (Lipinski definition) is 1. The zero-order chi connectivity index (χ0) is 25.5. The normalized spacial score (nSPS) is 16.4. The number of sulfonamides is 1. The van der Waals surface area contributed by atoms with Crippen LogP contribution in [0.4, 0.5) is 14.5 Å². The summed E-state index contributed by atoms with van der Waals surface area (Å²) < 4.78 is 62.6. The van der Waals surface area contributed by atoms with Crippen LogP contribution in [0.1, 0.15) is 18.9 Å². The highest BCUT2D eigenvalue weighted by atomic mass is 35.5. The average Bonchev–Trinajstić information content (AvgIpc) is 2.79. The molecule has 6 nitrogen and oxygen atoms in total. The van der Waals surface area contributed by atoms with Crippen LogP contribution in [0, 0.1) is 24.5 Å². The number of anilines is 1. The average molecular weight is 522 g/mol. The number of carbonyl (C=O) groups is 1. The molecule has 2 atom stereocenters. The van der Waals surface area contributed by atoms with Gasteiger partial charge in [-0.15, -0.1) is 0 Å². The standard InChI is InChI=1S/C25H22ClF2NO5S/c1-14-4-3-5-18(8-14)35(32,33)29-13-23(15(2)9-24(30)31)34-22-7-6-16(10-21(22)29)19-11-17(27)12-20(28)25(19)26/h3-8,10-12,15,23H,9,13H2,1-2H3,(H,30,31)/t15-,23-/m1/s1. The number of carboxylic acid groups (broad SMARTS) is 1. The van der Waals surface area contributed by atoms with E-state index < -0.39 is 39.6 Å². The summed E-state index contributed by atoms with van der Waals surface area (Å²) in [5, 5.41) is 8.91. The molecule has 0 unspecified atom stereocenters. The topological polar surface area (TPSA) is 83.9 Å². The van der Waals surface area contributed by atoms with E-state index in [9.17, 15) is 27.1 Å². The van der Waals surface area contributed by atoms with Crippen molar-refractivity contribution in [2.45, 2.75) is 31.3 Å². The van der Waals surface area contributed by atoms with Crippen molar-refractivity contribution in [3.8, 4) is 16.9 Å². The number of fused-ring (bicyclic) bond motifs is 1. The van der Waals surface area contributed by atoms with Gasteiger partial charge in [0.15, 0.2) is 0 Å². The second-order valence-electron chi connectivity index (χ2n) is 8.52. The fourth-order valence-electron chi connectivity index (χ4n) is 4.04. The lowest BCUT2D eigenvalue weighted by Gasteiger charge is -2.38. The van der Waals surface area contributed by atoms with Crippen molar-refractivity contribution in [2.75, 3.05) is 10.8 Å².